The maximum atomic E-state index is 5.04. The van der Waals surface area contributed by atoms with Crippen LogP contribution in [0.5, 0.6) is 6.08 Å². The first kappa shape index (κ1) is 8.50. The van der Waals surface area contributed by atoms with Crippen molar-refractivity contribution in [2.45, 2.75) is 32.4 Å². The van der Waals surface area contributed by atoms with Crippen LogP contribution in [0.1, 0.15) is 25.6 Å². The van der Waals surface area contributed by atoms with Crippen molar-refractivity contribution in [1.82, 2.24) is 15.5 Å². The highest BCUT2D eigenvalue weighted by Gasteiger charge is 2.21. The predicted octanol–water partition coefficient (Wildman–Crippen LogP) is 0.720. The van der Waals surface area contributed by atoms with E-state index in [1.54, 1.807) is 0 Å². The van der Waals surface area contributed by atoms with E-state index in [2.05, 4.69) is 15.5 Å². The highest BCUT2D eigenvalue weighted by molar-refractivity contribution is 4.91. The van der Waals surface area contributed by atoms with E-state index in [0.717, 1.165) is 0 Å². The second kappa shape index (κ2) is 3.74. The Morgan fingerprint density at radius 1 is 1.62 bits per heavy atom. The molecule has 0 aliphatic heterocycles. The fourth-order valence-electron chi connectivity index (χ4n) is 1.01. The largest absolute Gasteiger partial charge is 0.449 e. The van der Waals surface area contributed by atoms with E-state index < -0.39 is 0 Å². The van der Waals surface area contributed by atoms with Crippen molar-refractivity contribution < 1.29 is 9.26 Å². The normalized spacial score (nSPS) is 16.1. The molecule has 0 amide bonds. The Morgan fingerprint density at radius 2 is 2.46 bits per heavy atom. The van der Waals surface area contributed by atoms with Crippen molar-refractivity contribution >= 4 is 0 Å². The van der Waals surface area contributed by atoms with Crippen LogP contribution in [-0.2, 0) is 6.54 Å². The fourth-order valence-corrected chi connectivity index (χ4v) is 1.01. The highest BCUT2D eigenvalue weighted by atomic mass is 16.6. The van der Waals surface area contributed by atoms with Gasteiger partial charge in [-0.15, -0.1) is 0 Å². The van der Waals surface area contributed by atoms with E-state index >= 15 is 0 Å². The minimum Gasteiger partial charge on any atom is -0.449 e. The van der Waals surface area contributed by atoms with Crippen molar-refractivity contribution in [3.8, 4) is 6.08 Å². The van der Waals surface area contributed by atoms with Crippen LogP contribution in [0.2, 0.25) is 0 Å². The molecule has 5 heteroatoms. The van der Waals surface area contributed by atoms with Crippen molar-refractivity contribution in [3.05, 3.63) is 5.82 Å². The lowest BCUT2D eigenvalue weighted by atomic mass is 10.5. The Morgan fingerprint density at radius 3 is 3.15 bits per heavy atom. The van der Waals surface area contributed by atoms with Gasteiger partial charge in [-0.25, -0.2) is 0 Å². The lowest BCUT2D eigenvalue weighted by Crippen LogP contribution is -2.16. The minimum atomic E-state index is 0.259. The van der Waals surface area contributed by atoms with E-state index in [-0.39, 0.29) is 6.08 Å². The Balaban J connectivity index is 1.81. The fraction of sp³-hybridized carbons (Fsp3) is 0.750. The first-order valence-corrected chi connectivity index (χ1v) is 4.57. The summed E-state index contributed by atoms with van der Waals surface area (Å²) in [5, 5.41) is 7.05. The number of aromatic nitrogens is 2. The Kier molecular flexibility index (Phi) is 2.44. The summed E-state index contributed by atoms with van der Waals surface area (Å²) < 4.78 is 9.88. The van der Waals surface area contributed by atoms with Crippen LogP contribution in [0.3, 0.4) is 0 Å². The maximum absolute atomic E-state index is 5.04. The molecule has 1 aliphatic carbocycles. The van der Waals surface area contributed by atoms with E-state index in [1.165, 1.54) is 12.8 Å². The zero-order valence-electron chi connectivity index (χ0n) is 7.62. The van der Waals surface area contributed by atoms with Crippen LogP contribution in [0.15, 0.2) is 4.52 Å². The summed E-state index contributed by atoms with van der Waals surface area (Å²) in [6.07, 6.45) is 2.78. The molecule has 0 saturated heterocycles. The third kappa shape index (κ3) is 2.42. The summed E-state index contributed by atoms with van der Waals surface area (Å²) >= 11 is 0. The molecule has 1 N–H and O–H groups in total. The molecule has 1 aromatic heterocycles. The van der Waals surface area contributed by atoms with Gasteiger partial charge in [0.2, 0.25) is 0 Å². The van der Waals surface area contributed by atoms with Gasteiger partial charge in [-0.2, -0.15) is 4.98 Å². The second-order valence-electron chi connectivity index (χ2n) is 3.06. The van der Waals surface area contributed by atoms with E-state index in [1.807, 2.05) is 6.92 Å². The molecule has 1 heterocycles. The summed E-state index contributed by atoms with van der Waals surface area (Å²) in [4.78, 5) is 4.04. The predicted molar refractivity (Wildman–Crippen MR) is 45.3 cm³/mol. The first-order valence-electron chi connectivity index (χ1n) is 4.57. The molecule has 1 aliphatic rings. The van der Waals surface area contributed by atoms with Crippen LogP contribution in [-0.4, -0.2) is 22.8 Å². The van der Waals surface area contributed by atoms with Crippen LogP contribution < -0.4 is 10.1 Å². The Labute approximate surface area is 76.5 Å². The van der Waals surface area contributed by atoms with Crippen LogP contribution in [0.25, 0.3) is 0 Å². The Bertz CT molecular complexity index is 270. The molecular weight excluding hydrogens is 170 g/mol. The summed E-state index contributed by atoms with van der Waals surface area (Å²) in [5.74, 6) is 0.662. The molecule has 0 aromatic carbocycles. The van der Waals surface area contributed by atoms with Gasteiger partial charge in [-0.1, -0.05) is 5.16 Å². The van der Waals surface area contributed by atoms with Crippen molar-refractivity contribution in [3.63, 3.8) is 0 Å². The molecule has 1 aromatic rings. The highest BCUT2D eigenvalue weighted by Crippen LogP contribution is 2.19. The van der Waals surface area contributed by atoms with Crippen LogP contribution in [0, 0.1) is 0 Å². The van der Waals surface area contributed by atoms with Crippen LogP contribution >= 0.6 is 0 Å². The number of ether oxygens (including phenoxy) is 1. The number of hydrogen-bond donors (Lipinski definition) is 1. The monoisotopic (exact) mass is 183 g/mol. The smallest absolute Gasteiger partial charge is 0.417 e. The molecule has 1 fully saturated rings. The lowest BCUT2D eigenvalue weighted by molar-refractivity contribution is 0.215. The lowest BCUT2D eigenvalue weighted by Gasteiger charge is -1.94. The summed E-state index contributed by atoms with van der Waals surface area (Å²) in [7, 11) is 0. The SMILES string of the molecule is CCOc1nc(CNC2CC2)no1. The molecule has 0 spiro atoms. The van der Waals surface area contributed by atoms with Gasteiger partial charge in [-0.3, -0.25) is 4.52 Å². The van der Waals surface area contributed by atoms with Crippen molar-refractivity contribution in [1.29, 1.82) is 0 Å². The molecule has 0 unspecified atom stereocenters. The minimum absolute atomic E-state index is 0.259. The second-order valence-corrected chi connectivity index (χ2v) is 3.06. The Hall–Kier alpha value is -1.10. The van der Waals surface area contributed by atoms with Gasteiger partial charge in [0, 0.05) is 6.04 Å². The summed E-state index contributed by atoms with van der Waals surface area (Å²) in [5.41, 5.74) is 0. The van der Waals surface area contributed by atoms with Crippen LogP contribution in [0.4, 0.5) is 0 Å². The summed E-state index contributed by atoms with van der Waals surface area (Å²) in [6, 6.07) is 0.661. The van der Waals surface area contributed by atoms with E-state index in [4.69, 9.17) is 9.26 Å². The molecule has 13 heavy (non-hydrogen) atoms. The number of nitrogens with one attached hydrogen (secondary N) is 1. The van der Waals surface area contributed by atoms with Gasteiger partial charge in [0.05, 0.1) is 13.2 Å². The van der Waals surface area contributed by atoms with Gasteiger partial charge in [0.1, 0.15) is 0 Å². The van der Waals surface area contributed by atoms with Gasteiger partial charge in [-0.05, 0) is 19.8 Å². The zero-order chi connectivity index (χ0) is 9.10. The van der Waals surface area contributed by atoms with Gasteiger partial charge in [0.15, 0.2) is 5.82 Å². The topological polar surface area (TPSA) is 60.2 Å². The van der Waals surface area contributed by atoms with Gasteiger partial charge >= 0.3 is 6.08 Å². The van der Waals surface area contributed by atoms with Gasteiger partial charge in [0.25, 0.3) is 0 Å². The quantitative estimate of drug-likeness (QED) is 0.728. The van der Waals surface area contributed by atoms with Crippen molar-refractivity contribution in [2.75, 3.05) is 6.61 Å². The van der Waals surface area contributed by atoms with E-state index in [0.29, 0.717) is 25.0 Å². The maximum Gasteiger partial charge on any atom is 0.417 e. The number of nitrogens with zero attached hydrogens (tertiary/aromatic N) is 2. The molecule has 0 radical (unpaired) electrons. The van der Waals surface area contributed by atoms with E-state index in [9.17, 15) is 0 Å². The molecule has 1 saturated carbocycles. The molecule has 5 nitrogen and oxygen atoms in total. The molecule has 2 rings (SSSR count). The summed E-state index contributed by atoms with van der Waals surface area (Å²) in [6.45, 7) is 3.10. The molecular formula is C8H13N3O2. The standard InChI is InChI=1S/C8H13N3O2/c1-2-12-8-10-7(11-13-8)5-9-6-3-4-6/h6,9H,2-5H2,1H3. The average Bonchev–Trinajstić information content (AvgIpc) is 2.85. The van der Waals surface area contributed by atoms with Crippen molar-refractivity contribution in [2.24, 2.45) is 0 Å². The first-order chi connectivity index (χ1) is 6.38. The third-order valence-corrected chi connectivity index (χ3v) is 1.84. The molecule has 72 valence electrons. The zero-order valence-corrected chi connectivity index (χ0v) is 7.62. The molecule has 0 bridgehead atoms. The third-order valence-electron chi connectivity index (χ3n) is 1.84. The molecule has 0 atom stereocenters. The average molecular weight is 183 g/mol. The number of rotatable bonds is 5. The number of hydrogen-bond acceptors (Lipinski definition) is 5. The van der Waals surface area contributed by atoms with Gasteiger partial charge < -0.3 is 10.1 Å².